The Morgan fingerprint density at radius 3 is 2.62 bits per heavy atom. The van der Waals surface area contributed by atoms with Crippen LogP contribution in [0.5, 0.6) is 0 Å². The number of rotatable bonds is 8. The number of carbonyl (C=O) groups excluding carboxylic acids is 1. The quantitative estimate of drug-likeness (QED) is 0.715. The summed E-state index contributed by atoms with van der Waals surface area (Å²) in [5.41, 5.74) is 0.0854. The van der Waals surface area contributed by atoms with Crippen LogP contribution in [0.15, 0.2) is 53.4 Å². The van der Waals surface area contributed by atoms with Gasteiger partial charge in [-0.15, -0.1) is 0 Å². The second-order valence-electron chi connectivity index (χ2n) is 5.69. The van der Waals surface area contributed by atoms with Crippen molar-refractivity contribution in [1.82, 2.24) is 4.90 Å². The zero-order valence-corrected chi connectivity index (χ0v) is 15.4. The Bertz CT molecular complexity index is 871. The van der Waals surface area contributed by atoms with Gasteiger partial charge in [-0.3, -0.25) is 9.52 Å². The van der Waals surface area contributed by atoms with E-state index in [-0.39, 0.29) is 22.1 Å². The van der Waals surface area contributed by atoms with Crippen LogP contribution in [0.25, 0.3) is 0 Å². The summed E-state index contributed by atoms with van der Waals surface area (Å²) in [5.74, 6) is -0.981. The third-order valence-electron chi connectivity index (χ3n) is 3.70. The van der Waals surface area contributed by atoms with Gasteiger partial charge in [-0.1, -0.05) is 18.2 Å². The molecule has 0 aromatic heterocycles. The van der Waals surface area contributed by atoms with Crippen molar-refractivity contribution in [1.29, 1.82) is 0 Å². The predicted molar refractivity (Wildman–Crippen MR) is 97.1 cm³/mol. The number of benzene rings is 2. The van der Waals surface area contributed by atoms with Crippen molar-refractivity contribution in [2.45, 2.75) is 11.3 Å². The summed E-state index contributed by atoms with van der Waals surface area (Å²) < 4.78 is 45.8. The van der Waals surface area contributed by atoms with Crippen molar-refractivity contribution in [2.75, 3.05) is 32.0 Å². The highest BCUT2D eigenvalue weighted by atomic mass is 32.2. The second-order valence-corrected chi connectivity index (χ2v) is 7.37. The summed E-state index contributed by atoms with van der Waals surface area (Å²) >= 11 is 0. The SMILES string of the molecule is COCCCN(C)C(=O)c1cccc(S(=O)(=O)Nc2ccccc2F)c1. The first kappa shape index (κ1) is 19.9. The first-order valence-corrected chi connectivity index (χ1v) is 9.45. The highest BCUT2D eigenvalue weighted by Gasteiger charge is 2.19. The molecule has 0 unspecified atom stereocenters. The molecule has 0 fully saturated rings. The monoisotopic (exact) mass is 380 g/mol. The highest BCUT2D eigenvalue weighted by Crippen LogP contribution is 2.20. The van der Waals surface area contributed by atoms with Gasteiger partial charge < -0.3 is 9.64 Å². The number of methoxy groups -OCH3 is 1. The Hall–Kier alpha value is -2.45. The van der Waals surface area contributed by atoms with Crippen LogP contribution in [0, 0.1) is 5.82 Å². The standard InChI is InChI=1S/C18H21FN2O4S/c1-21(11-6-12-25-2)18(22)14-7-5-8-15(13-14)26(23,24)20-17-10-4-3-9-16(17)19/h3-5,7-10,13,20H,6,11-12H2,1-2H3. The second kappa shape index (κ2) is 8.77. The van der Waals surface area contributed by atoms with Gasteiger partial charge in [0.05, 0.1) is 10.6 Å². The first-order chi connectivity index (χ1) is 12.3. The van der Waals surface area contributed by atoms with Crippen LogP contribution in [0.4, 0.5) is 10.1 Å². The molecule has 0 saturated heterocycles. The number of nitrogens with zero attached hydrogens (tertiary/aromatic N) is 1. The lowest BCUT2D eigenvalue weighted by atomic mass is 10.2. The molecule has 0 spiro atoms. The molecule has 0 radical (unpaired) electrons. The fraction of sp³-hybridized carbons (Fsp3) is 0.278. The van der Waals surface area contributed by atoms with Gasteiger partial charge in [-0.25, -0.2) is 12.8 Å². The van der Waals surface area contributed by atoms with E-state index in [0.29, 0.717) is 19.6 Å². The Morgan fingerprint density at radius 1 is 1.19 bits per heavy atom. The molecule has 0 aliphatic rings. The van der Waals surface area contributed by atoms with Crippen molar-refractivity contribution in [3.63, 3.8) is 0 Å². The molecule has 0 heterocycles. The molecule has 8 heteroatoms. The number of ether oxygens (including phenoxy) is 1. The molecule has 2 aromatic rings. The maximum Gasteiger partial charge on any atom is 0.262 e. The predicted octanol–water partition coefficient (Wildman–Crippen LogP) is 2.74. The summed E-state index contributed by atoms with van der Waals surface area (Å²) in [6.07, 6.45) is 0.672. The number of sulfonamides is 1. The summed E-state index contributed by atoms with van der Waals surface area (Å²) in [7, 11) is -0.801. The Balaban J connectivity index is 2.19. The van der Waals surface area contributed by atoms with Crippen molar-refractivity contribution >= 4 is 21.6 Å². The van der Waals surface area contributed by atoms with E-state index in [4.69, 9.17) is 4.74 Å². The maximum absolute atomic E-state index is 13.7. The van der Waals surface area contributed by atoms with E-state index in [1.807, 2.05) is 0 Å². The van der Waals surface area contributed by atoms with E-state index < -0.39 is 15.8 Å². The summed E-state index contributed by atoms with van der Waals surface area (Å²) in [6.45, 7) is 1.01. The number of anilines is 1. The van der Waals surface area contributed by atoms with Gasteiger partial charge in [0.15, 0.2) is 0 Å². The summed E-state index contributed by atoms with van der Waals surface area (Å²) in [5, 5.41) is 0. The van der Waals surface area contributed by atoms with Crippen LogP contribution in [0.2, 0.25) is 0 Å². The number of nitrogens with one attached hydrogen (secondary N) is 1. The van der Waals surface area contributed by atoms with Crippen LogP contribution in [0.1, 0.15) is 16.8 Å². The van der Waals surface area contributed by atoms with Crippen LogP contribution < -0.4 is 4.72 Å². The third kappa shape index (κ3) is 5.03. The minimum absolute atomic E-state index is 0.114. The van der Waals surface area contributed by atoms with Crippen LogP contribution in [-0.4, -0.2) is 46.5 Å². The van der Waals surface area contributed by atoms with Gasteiger partial charge in [0.1, 0.15) is 5.82 Å². The van der Waals surface area contributed by atoms with Gasteiger partial charge in [0.2, 0.25) is 0 Å². The molecule has 0 aliphatic carbocycles. The van der Waals surface area contributed by atoms with Crippen molar-refractivity contribution in [3.05, 3.63) is 59.9 Å². The number of carbonyl (C=O) groups is 1. The molecule has 1 N–H and O–H groups in total. The van der Waals surface area contributed by atoms with E-state index in [2.05, 4.69) is 4.72 Å². The molecule has 26 heavy (non-hydrogen) atoms. The number of hydrogen-bond donors (Lipinski definition) is 1. The Morgan fingerprint density at radius 2 is 1.92 bits per heavy atom. The van der Waals surface area contributed by atoms with E-state index in [9.17, 15) is 17.6 Å². The molecule has 0 atom stereocenters. The van der Waals surface area contributed by atoms with Crippen molar-refractivity contribution in [2.24, 2.45) is 0 Å². The molecular weight excluding hydrogens is 359 g/mol. The van der Waals surface area contributed by atoms with E-state index in [1.165, 1.54) is 47.4 Å². The number of halogens is 1. The van der Waals surface area contributed by atoms with E-state index in [1.54, 1.807) is 14.2 Å². The molecule has 0 saturated carbocycles. The molecule has 0 bridgehead atoms. The smallest absolute Gasteiger partial charge is 0.262 e. The molecule has 1 amide bonds. The first-order valence-electron chi connectivity index (χ1n) is 7.97. The lowest BCUT2D eigenvalue weighted by Gasteiger charge is -2.17. The topological polar surface area (TPSA) is 75.7 Å². The number of amides is 1. The average Bonchev–Trinajstić information content (AvgIpc) is 2.63. The third-order valence-corrected chi connectivity index (χ3v) is 5.06. The molecule has 140 valence electrons. The molecule has 2 rings (SSSR count). The van der Waals surface area contributed by atoms with E-state index in [0.717, 1.165) is 6.07 Å². The summed E-state index contributed by atoms with van der Waals surface area (Å²) in [4.78, 5) is 13.8. The maximum atomic E-state index is 13.7. The normalized spacial score (nSPS) is 11.2. The Kier molecular flexibility index (Phi) is 6.70. The lowest BCUT2D eigenvalue weighted by molar-refractivity contribution is 0.0779. The number of para-hydroxylation sites is 1. The zero-order valence-electron chi connectivity index (χ0n) is 14.6. The Labute approximate surface area is 152 Å². The van der Waals surface area contributed by atoms with Gasteiger partial charge >= 0.3 is 0 Å². The van der Waals surface area contributed by atoms with Crippen molar-refractivity contribution < 1.29 is 22.3 Å². The minimum atomic E-state index is -4.02. The van der Waals surface area contributed by atoms with Gasteiger partial charge in [-0.2, -0.15) is 0 Å². The lowest BCUT2D eigenvalue weighted by Crippen LogP contribution is -2.28. The fourth-order valence-electron chi connectivity index (χ4n) is 2.31. The largest absolute Gasteiger partial charge is 0.385 e. The molecule has 0 aliphatic heterocycles. The van der Waals surface area contributed by atoms with E-state index >= 15 is 0 Å². The van der Waals surface area contributed by atoms with Gasteiger partial charge in [0, 0.05) is 32.9 Å². The minimum Gasteiger partial charge on any atom is -0.385 e. The number of hydrogen-bond acceptors (Lipinski definition) is 4. The summed E-state index contributed by atoms with van der Waals surface area (Å²) in [6, 6.07) is 11.1. The van der Waals surface area contributed by atoms with Crippen molar-refractivity contribution in [3.8, 4) is 0 Å². The molecule has 6 nitrogen and oxygen atoms in total. The molecule has 2 aromatic carbocycles. The molecular formula is C18H21FN2O4S. The zero-order chi connectivity index (χ0) is 19.2. The average molecular weight is 380 g/mol. The fourth-order valence-corrected chi connectivity index (χ4v) is 3.42. The van der Waals surface area contributed by atoms with Gasteiger partial charge in [0.25, 0.3) is 15.9 Å². The van der Waals surface area contributed by atoms with Gasteiger partial charge in [-0.05, 0) is 36.8 Å². The highest BCUT2D eigenvalue weighted by molar-refractivity contribution is 7.92. The van der Waals surface area contributed by atoms with Crippen LogP contribution >= 0.6 is 0 Å². The van der Waals surface area contributed by atoms with Crippen LogP contribution in [0.3, 0.4) is 0 Å². The van der Waals surface area contributed by atoms with Crippen LogP contribution in [-0.2, 0) is 14.8 Å².